The fraction of sp³-hybridized carbons (Fsp3) is 0.538. The molecule has 1 aliphatic rings. The molecule has 0 aliphatic heterocycles. The van der Waals surface area contributed by atoms with Crippen molar-refractivity contribution in [2.45, 2.75) is 63.7 Å². The van der Waals surface area contributed by atoms with E-state index < -0.39 is 11.9 Å². The van der Waals surface area contributed by atoms with E-state index in [0.29, 0.717) is 13.0 Å². The third-order valence-electron chi connectivity index (χ3n) is 6.61. The summed E-state index contributed by atoms with van der Waals surface area (Å²) in [6.45, 7) is 4.34. The number of carbonyl (C=O) groups is 2. The zero-order chi connectivity index (χ0) is 24.5. The van der Waals surface area contributed by atoms with Crippen molar-refractivity contribution in [3.63, 3.8) is 0 Å². The van der Waals surface area contributed by atoms with Crippen molar-refractivity contribution in [1.29, 1.82) is 0 Å². The summed E-state index contributed by atoms with van der Waals surface area (Å²) in [7, 11) is 0. The standard InChI is InChI=1S/C26H34N2O5S/c1-18-9-10-23-16-21(11-12-22(23)15-18)19(2)26(31)33-14-6-13-28(17-24(29)30)25(34-27-32)20-7-4-3-5-8-20/h9-12,15-16,19-20,25H,3-8,13-14,17H2,1-2H3,(H,29,30)/t19-,25?/m0/s1. The minimum absolute atomic E-state index is 0.162. The zero-order valence-electron chi connectivity index (χ0n) is 19.9. The van der Waals surface area contributed by atoms with E-state index in [-0.39, 0.29) is 30.4 Å². The van der Waals surface area contributed by atoms with Gasteiger partial charge in [0.1, 0.15) is 0 Å². The Kier molecular flexibility index (Phi) is 9.89. The summed E-state index contributed by atoms with van der Waals surface area (Å²) in [5.41, 5.74) is 2.09. The van der Waals surface area contributed by atoms with Crippen LogP contribution < -0.4 is 0 Å². The van der Waals surface area contributed by atoms with E-state index in [1.165, 1.54) is 12.0 Å². The van der Waals surface area contributed by atoms with E-state index in [9.17, 15) is 19.6 Å². The molecule has 2 atom stereocenters. The Morgan fingerprint density at radius 1 is 1.15 bits per heavy atom. The molecule has 0 heterocycles. The second-order valence-electron chi connectivity index (χ2n) is 9.19. The topological polar surface area (TPSA) is 96.3 Å². The molecule has 0 bridgehead atoms. The highest BCUT2D eigenvalue weighted by Crippen LogP contribution is 2.35. The number of nitrogens with zero attached hydrogens (tertiary/aromatic N) is 2. The van der Waals surface area contributed by atoms with Gasteiger partial charge < -0.3 is 9.84 Å². The van der Waals surface area contributed by atoms with Crippen LogP contribution in [0, 0.1) is 17.7 Å². The van der Waals surface area contributed by atoms with Crippen molar-refractivity contribution in [2.24, 2.45) is 10.5 Å². The number of aliphatic carboxylic acids is 1. The molecule has 8 heteroatoms. The van der Waals surface area contributed by atoms with Gasteiger partial charge in [-0.1, -0.05) is 61.2 Å². The predicted octanol–water partition coefficient (Wildman–Crippen LogP) is 5.89. The molecule has 2 aromatic carbocycles. The summed E-state index contributed by atoms with van der Waals surface area (Å²) in [4.78, 5) is 36.9. The first-order valence-corrected chi connectivity index (χ1v) is 12.8. The molecule has 34 heavy (non-hydrogen) atoms. The Bertz CT molecular complexity index is 992. The molecule has 0 saturated heterocycles. The lowest BCUT2D eigenvalue weighted by Crippen LogP contribution is -2.42. The number of rotatable bonds is 12. The van der Waals surface area contributed by atoms with Crippen LogP contribution in [0.25, 0.3) is 10.8 Å². The zero-order valence-corrected chi connectivity index (χ0v) is 20.8. The average molecular weight is 487 g/mol. The van der Waals surface area contributed by atoms with Crippen molar-refractivity contribution in [1.82, 2.24) is 4.90 Å². The maximum Gasteiger partial charge on any atom is 0.317 e. The largest absolute Gasteiger partial charge is 0.480 e. The lowest BCUT2D eigenvalue weighted by molar-refractivity contribution is -0.145. The van der Waals surface area contributed by atoms with E-state index in [1.807, 2.05) is 25.1 Å². The van der Waals surface area contributed by atoms with Crippen molar-refractivity contribution in [2.75, 3.05) is 19.7 Å². The molecule has 1 fully saturated rings. The molecule has 1 unspecified atom stereocenters. The lowest BCUT2D eigenvalue weighted by Gasteiger charge is -2.35. The average Bonchev–Trinajstić information content (AvgIpc) is 2.83. The molecule has 0 spiro atoms. The third-order valence-corrected chi connectivity index (χ3v) is 7.59. The Morgan fingerprint density at radius 3 is 2.56 bits per heavy atom. The summed E-state index contributed by atoms with van der Waals surface area (Å²) >= 11 is 0.926. The highest BCUT2D eigenvalue weighted by Gasteiger charge is 2.31. The maximum absolute atomic E-state index is 12.6. The van der Waals surface area contributed by atoms with Crippen LogP contribution in [0.2, 0.25) is 0 Å². The highest BCUT2D eigenvalue weighted by atomic mass is 32.2. The van der Waals surface area contributed by atoms with Gasteiger partial charge in [-0.2, -0.15) is 0 Å². The first-order valence-electron chi connectivity index (χ1n) is 12.0. The second-order valence-corrected chi connectivity index (χ2v) is 10.0. The Morgan fingerprint density at radius 2 is 1.85 bits per heavy atom. The van der Waals surface area contributed by atoms with Crippen LogP contribution in [-0.2, 0) is 14.3 Å². The molecule has 0 radical (unpaired) electrons. The minimum atomic E-state index is -0.940. The fourth-order valence-electron chi connectivity index (χ4n) is 4.74. The van der Waals surface area contributed by atoms with E-state index in [4.69, 9.17) is 4.74 Å². The number of hydrogen-bond acceptors (Lipinski definition) is 7. The van der Waals surface area contributed by atoms with Gasteiger partial charge in [0.25, 0.3) is 0 Å². The predicted molar refractivity (Wildman–Crippen MR) is 136 cm³/mol. The molecule has 3 rings (SSSR count). The Balaban J connectivity index is 1.55. The van der Waals surface area contributed by atoms with Crippen LogP contribution in [0.1, 0.15) is 62.5 Å². The van der Waals surface area contributed by atoms with E-state index in [0.717, 1.165) is 54.0 Å². The molecular weight excluding hydrogens is 452 g/mol. The molecule has 0 aromatic heterocycles. The molecule has 184 valence electrons. The van der Waals surface area contributed by atoms with E-state index in [2.05, 4.69) is 29.7 Å². The van der Waals surface area contributed by atoms with Crippen LogP contribution in [0.3, 0.4) is 0 Å². The van der Waals surface area contributed by atoms with Gasteiger partial charge in [-0.05, 0) is 55.4 Å². The Labute approximate surface area is 205 Å². The number of fused-ring (bicyclic) bond motifs is 1. The molecule has 7 nitrogen and oxygen atoms in total. The SMILES string of the molecule is Cc1ccc2cc([C@H](C)C(=O)OCCCN(CC(=O)O)C(SN=O)C3CCCCC3)ccc2c1. The van der Waals surface area contributed by atoms with Crippen molar-refractivity contribution in [3.05, 3.63) is 52.4 Å². The summed E-state index contributed by atoms with van der Waals surface area (Å²) in [5, 5.41) is 11.4. The number of hydrogen-bond donors (Lipinski definition) is 1. The first-order chi connectivity index (χ1) is 16.4. The van der Waals surface area contributed by atoms with Crippen LogP contribution in [-0.4, -0.2) is 47.0 Å². The molecule has 1 aliphatic carbocycles. The number of carboxylic acid groups (broad SMARTS) is 1. The summed E-state index contributed by atoms with van der Waals surface area (Å²) in [5.74, 6) is -1.39. The van der Waals surface area contributed by atoms with Crippen LogP contribution in [0.15, 0.2) is 41.0 Å². The van der Waals surface area contributed by atoms with Gasteiger partial charge >= 0.3 is 11.9 Å². The van der Waals surface area contributed by atoms with Gasteiger partial charge in [0, 0.05) is 23.1 Å². The first kappa shape index (κ1) is 26.2. The number of nitroso groups, excluding NO2 is 1. The van der Waals surface area contributed by atoms with Crippen molar-refractivity contribution < 1.29 is 19.4 Å². The van der Waals surface area contributed by atoms with Crippen LogP contribution >= 0.6 is 11.9 Å². The van der Waals surface area contributed by atoms with E-state index >= 15 is 0 Å². The number of ether oxygens (including phenoxy) is 1. The smallest absolute Gasteiger partial charge is 0.317 e. The van der Waals surface area contributed by atoms with Gasteiger partial charge in [-0.15, -0.1) is 4.91 Å². The maximum atomic E-state index is 12.6. The van der Waals surface area contributed by atoms with Gasteiger partial charge in [0.15, 0.2) is 0 Å². The summed E-state index contributed by atoms with van der Waals surface area (Å²) in [6.07, 6.45) is 5.79. The number of carbonyl (C=O) groups excluding carboxylic acids is 1. The molecule has 1 saturated carbocycles. The Hall–Kier alpha value is -2.45. The van der Waals surface area contributed by atoms with Crippen LogP contribution in [0.4, 0.5) is 0 Å². The van der Waals surface area contributed by atoms with E-state index in [1.54, 1.807) is 4.90 Å². The monoisotopic (exact) mass is 486 g/mol. The number of carboxylic acids is 1. The normalized spacial score (nSPS) is 16.3. The fourth-order valence-corrected chi connectivity index (χ4v) is 5.58. The third kappa shape index (κ3) is 7.27. The van der Waals surface area contributed by atoms with Gasteiger partial charge in [-0.3, -0.25) is 14.5 Å². The van der Waals surface area contributed by atoms with Gasteiger partial charge in [-0.25, -0.2) is 0 Å². The molecular formula is C26H34N2O5S. The minimum Gasteiger partial charge on any atom is -0.480 e. The number of esters is 1. The highest BCUT2D eigenvalue weighted by molar-refractivity contribution is 7.98. The molecule has 2 aromatic rings. The molecule has 0 amide bonds. The number of aryl methyl sites for hydroxylation is 1. The van der Waals surface area contributed by atoms with Gasteiger partial charge in [0.05, 0.1) is 24.4 Å². The summed E-state index contributed by atoms with van der Waals surface area (Å²) < 4.78 is 8.55. The summed E-state index contributed by atoms with van der Waals surface area (Å²) in [6, 6.07) is 12.2. The van der Waals surface area contributed by atoms with Crippen molar-refractivity contribution in [3.8, 4) is 0 Å². The molecule has 1 N–H and O–H groups in total. The second kappa shape index (κ2) is 12.9. The lowest BCUT2D eigenvalue weighted by atomic mass is 9.88. The van der Waals surface area contributed by atoms with Crippen molar-refractivity contribution >= 4 is 34.7 Å². The van der Waals surface area contributed by atoms with Gasteiger partial charge in [0.2, 0.25) is 0 Å². The quantitative estimate of drug-likeness (QED) is 0.131. The number of benzene rings is 2. The van der Waals surface area contributed by atoms with Crippen LogP contribution in [0.5, 0.6) is 0 Å².